The average molecular weight is 363 g/mol. The van der Waals surface area contributed by atoms with Crippen LogP contribution in [-0.4, -0.2) is 44.7 Å². The number of nitrogens with one attached hydrogen (secondary N) is 1. The van der Waals surface area contributed by atoms with Crippen LogP contribution in [0.15, 0.2) is 42.1 Å². The number of oxime groups is 1. The number of amides is 1. The van der Waals surface area contributed by atoms with Crippen LogP contribution in [-0.2, 0) is 14.4 Å². The van der Waals surface area contributed by atoms with Gasteiger partial charge in [0.15, 0.2) is 6.73 Å². The Balaban J connectivity index is 1.84. The van der Waals surface area contributed by atoms with E-state index in [1.54, 1.807) is 25.3 Å². The number of allylic oxidation sites excluding steroid dienone is 1. The first kappa shape index (κ1) is 19.9. The average Bonchev–Trinajstić information content (AvgIpc) is 2.55. The van der Waals surface area contributed by atoms with Gasteiger partial charge in [-0.1, -0.05) is 25.6 Å². The van der Waals surface area contributed by atoms with Crippen molar-refractivity contribution in [1.82, 2.24) is 5.32 Å². The molecule has 0 spiro atoms. The van der Waals surface area contributed by atoms with Crippen LogP contribution in [0.2, 0.25) is 0 Å². The fraction of sp³-hybridized carbons (Fsp3) is 0.474. The summed E-state index contributed by atoms with van der Waals surface area (Å²) in [6, 6.07) is 5.84. The number of nitrogens with zero attached hydrogens (tertiary/aromatic N) is 2. The number of carbonyl (C=O) groups is 1. The summed E-state index contributed by atoms with van der Waals surface area (Å²) in [7, 11) is 1.62. The Kier molecular flexibility index (Phi) is 6.74. The number of anilines is 1. The quantitative estimate of drug-likeness (QED) is 0.317. The minimum atomic E-state index is -0.339. The number of ether oxygens (including phenoxy) is 1. The summed E-state index contributed by atoms with van der Waals surface area (Å²) in [4.78, 5) is 19.4. The maximum absolute atomic E-state index is 13.0. The highest BCUT2D eigenvalue weighted by atomic mass is 19.1. The van der Waals surface area contributed by atoms with E-state index in [4.69, 9.17) is 9.57 Å². The van der Waals surface area contributed by atoms with E-state index in [0.717, 1.165) is 18.7 Å². The molecule has 1 fully saturated rings. The summed E-state index contributed by atoms with van der Waals surface area (Å²) in [6.45, 7) is 8.87. The molecular formula is C19H26FN3O3. The first-order valence-electron chi connectivity index (χ1n) is 8.51. The number of rotatable bonds is 9. The lowest BCUT2D eigenvalue weighted by Gasteiger charge is -2.41. The third kappa shape index (κ3) is 4.82. The van der Waals surface area contributed by atoms with Gasteiger partial charge < -0.3 is 19.8 Å². The van der Waals surface area contributed by atoms with E-state index in [9.17, 15) is 9.18 Å². The van der Waals surface area contributed by atoms with E-state index in [-0.39, 0.29) is 29.9 Å². The zero-order valence-electron chi connectivity index (χ0n) is 15.5. The zero-order valence-corrected chi connectivity index (χ0v) is 15.5. The first-order valence-corrected chi connectivity index (χ1v) is 8.51. The van der Waals surface area contributed by atoms with Crippen LogP contribution >= 0.6 is 0 Å². The molecule has 1 atom stereocenters. The molecule has 0 aromatic heterocycles. The molecule has 0 bridgehead atoms. The van der Waals surface area contributed by atoms with Crippen molar-refractivity contribution in [2.45, 2.75) is 26.3 Å². The number of methoxy groups -OCH3 is 1. The summed E-state index contributed by atoms with van der Waals surface area (Å²) in [6.07, 6.45) is 2.36. The first-order chi connectivity index (χ1) is 12.4. The molecule has 0 unspecified atom stereocenters. The molecule has 1 saturated heterocycles. The van der Waals surface area contributed by atoms with Gasteiger partial charge in [-0.15, -0.1) is 0 Å². The predicted octanol–water partition coefficient (Wildman–Crippen LogP) is 2.71. The lowest BCUT2D eigenvalue weighted by molar-refractivity contribution is -0.125. The summed E-state index contributed by atoms with van der Waals surface area (Å²) < 4.78 is 18.2. The van der Waals surface area contributed by atoms with E-state index in [1.807, 2.05) is 18.7 Å². The lowest BCUT2D eigenvalue weighted by atomic mass is 9.88. The molecule has 7 heteroatoms. The zero-order chi connectivity index (χ0) is 19.2. The van der Waals surface area contributed by atoms with Gasteiger partial charge >= 0.3 is 0 Å². The number of carbonyl (C=O) groups excluding carboxylic acids is 1. The second-order valence-electron chi connectivity index (χ2n) is 6.79. The Morgan fingerprint density at radius 2 is 2.15 bits per heavy atom. The number of hydrogen-bond acceptors (Lipinski definition) is 5. The summed E-state index contributed by atoms with van der Waals surface area (Å²) >= 11 is 0. The van der Waals surface area contributed by atoms with Crippen molar-refractivity contribution in [3.63, 3.8) is 0 Å². The van der Waals surface area contributed by atoms with Crippen molar-refractivity contribution in [2.75, 3.05) is 31.9 Å². The molecule has 0 radical (unpaired) electrons. The van der Waals surface area contributed by atoms with Gasteiger partial charge in [0.1, 0.15) is 11.9 Å². The highest BCUT2D eigenvalue weighted by molar-refractivity contribution is 5.98. The molecule has 1 amide bonds. The van der Waals surface area contributed by atoms with Gasteiger partial charge in [-0.25, -0.2) is 4.39 Å². The van der Waals surface area contributed by atoms with E-state index >= 15 is 0 Å². The second kappa shape index (κ2) is 8.80. The highest BCUT2D eigenvalue weighted by Crippen LogP contribution is 2.26. The van der Waals surface area contributed by atoms with Crippen molar-refractivity contribution >= 4 is 17.3 Å². The minimum absolute atomic E-state index is 0.0347. The highest BCUT2D eigenvalue weighted by Gasteiger charge is 2.34. The smallest absolute Gasteiger partial charge is 0.245 e. The monoisotopic (exact) mass is 363 g/mol. The van der Waals surface area contributed by atoms with Gasteiger partial charge in [0.2, 0.25) is 5.91 Å². The van der Waals surface area contributed by atoms with Crippen LogP contribution in [0.1, 0.15) is 20.3 Å². The molecule has 1 aromatic rings. The van der Waals surface area contributed by atoms with Crippen LogP contribution < -0.4 is 10.2 Å². The normalized spacial score (nSPS) is 17.5. The SMILES string of the molecule is C=C/C(=N\OCNC(=O)[C@@H]1CCN1c1ccc(F)cc1)C(C)(C)COC. The van der Waals surface area contributed by atoms with Gasteiger partial charge in [0.25, 0.3) is 0 Å². The van der Waals surface area contributed by atoms with E-state index in [1.165, 1.54) is 12.1 Å². The molecule has 0 aliphatic carbocycles. The molecular weight excluding hydrogens is 337 g/mol. The molecule has 1 heterocycles. The molecule has 1 aliphatic heterocycles. The molecule has 1 aromatic carbocycles. The lowest BCUT2D eigenvalue weighted by Crippen LogP contribution is -2.56. The Hall–Kier alpha value is -2.41. The van der Waals surface area contributed by atoms with Gasteiger partial charge in [0, 0.05) is 24.8 Å². The Morgan fingerprint density at radius 1 is 1.46 bits per heavy atom. The van der Waals surface area contributed by atoms with Crippen LogP contribution in [0.3, 0.4) is 0 Å². The third-order valence-electron chi connectivity index (χ3n) is 4.35. The maximum Gasteiger partial charge on any atom is 0.245 e. The number of benzene rings is 1. The fourth-order valence-electron chi connectivity index (χ4n) is 2.80. The predicted molar refractivity (Wildman–Crippen MR) is 99.5 cm³/mol. The molecule has 1 aliphatic rings. The summed E-state index contributed by atoms with van der Waals surface area (Å²) in [5.74, 6) is -0.442. The standard InChI is InChI=1S/C19H26FN3O3/c1-5-17(19(2,3)12-25-4)22-26-13-21-18(24)16-10-11-23(16)15-8-6-14(20)7-9-15/h5-9,16H,1,10-13H2,2-4H3,(H,21,24)/b22-17+/t16-/m0/s1. The van der Waals surface area contributed by atoms with E-state index < -0.39 is 0 Å². The summed E-state index contributed by atoms with van der Waals surface area (Å²) in [5, 5.41) is 6.75. The molecule has 0 saturated carbocycles. The topological polar surface area (TPSA) is 63.2 Å². The van der Waals surface area contributed by atoms with Crippen LogP contribution in [0.5, 0.6) is 0 Å². The number of hydrogen-bond donors (Lipinski definition) is 1. The number of halogens is 1. The van der Waals surface area contributed by atoms with Crippen LogP contribution in [0.25, 0.3) is 0 Å². The van der Waals surface area contributed by atoms with Gasteiger partial charge in [-0.3, -0.25) is 4.79 Å². The van der Waals surface area contributed by atoms with E-state index in [2.05, 4.69) is 17.1 Å². The molecule has 2 rings (SSSR count). The minimum Gasteiger partial charge on any atom is -0.384 e. The largest absolute Gasteiger partial charge is 0.384 e. The fourth-order valence-corrected chi connectivity index (χ4v) is 2.80. The van der Waals surface area contributed by atoms with Gasteiger partial charge in [0.05, 0.1) is 12.3 Å². The molecule has 142 valence electrons. The van der Waals surface area contributed by atoms with E-state index in [0.29, 0.717) is 12.3 Å². The Labute approximate surface area is 153 Å². The summed E-state index contributed by atoms with van der Waals surface area (Å²) in [5.41, 5.74) is 1.13. The molecule has 6 nitrogen and oxygen atoms in total. The Bertz CT molecular complexity index is 658. The second-order valence-corrected chi connectivity index (χ2v) is 6.79. The van der Waals surface area contributed by atoms with Gasteiger partial charge in [-0.2, -0.15) is 0 Å². The van der Waals surface area contributed by atoms with Crippen LogP contribution in [0.4, 0.5) is 10.1 Å². The van der Waals surface area contributed by atoms with Crippen molar-refractivity contribution in [2.24, 2.45) is 10.6 Å². The van der Waals surface area contributed by atoms with Crippen molar-refractivity contribution in [3.05, 3.63) is 42.7 Å². The van der Waals surface area contributed by atoms with Crippen molar-refractivity contribution < 1.29 is 18.8 Å². The molecule has 26 heavy (non-hydrogen) atoms. The third-order valence-corrected chi connectivity index (χ3v) is 4.35. The van der Waals surface area contributed by atoms with Crippen molar-refractivity contribution in [3.8, 4) is 0 Å². The Morgan fingerprint density at radius 3 is 2.69 bits per heavy atom. The van der Waals surface area contributed by atoms with Crippen LogP contribution in [0, 0.1) is 11.2 Å². The van der Waals surface area contributed by atoms with Gasteiger partial charge in [-0.05, 0) is 36.8 Å². The molecule has 1 N–H and O–H groups in total. The maximum atomic E-state index is 13.0. The van der Waals surface area contributed by atoms with Crippen molar-refractivity contribution in [1.29, 1.82) is 0 Å².